The second kappa shape index (κ2) is 5.17. The van der Waals surface area contributed by atoms with E-state index in [9.17, 15) is 5.11 Å². The third kappa shape index (κ3) is 2.71. The van der Waals surface area contributed by atoms with Crippen LogP contribution in [0.2, 0.25) is 0 Å². The largest absolute Gasteiger partial charge is 0.393 e. The predicted octanol–water partition coefficient (Wildman–Crippen LogP) is 2.00. The van der Waals surface area contributed by atoms with Crippen molar-refractivity contribution in [2.75, 3.05) is 11.9 Å². The Morgan fingerprint density at radius 2 is 2.26 bits per heavy atom. The summed E-state index contributed by atoms with van der Waals surface area (Å²) in [5.74, 6) is 0.963. The van der Waals surface area contributed by atoms with Gasteiger partial charge in [0.1, 0.15) is 0 Å². The zero-order valence-electron chi connectivity index (χ0n) is 11.2. The summed E-state index contributed by atoms with van der Waals surface area (Å²) in [7, 11) is 0. The Morgan fingerprint density at radius 1 is 1.42 bits per heavy atom. The molecule has 0 saturated heterocycles. The third-order valence-corrected chi connectivity index (χ3v) is 3.88. The van der Waals surface area contributed by atoms with Crippen LogP contribution in [0, 0.1) is 12.8 Å². The molecule has 0 bridgehead atoms. The fraction of sp³-hybridized carbons (Fsp3) is 0.571. The van der Waals surface area contributed by atoms with E-state index in [1.165, 1.54) is 12.0 Å². The van der Waals surface area contributed by atoms with Gasteiger partial charge in [-0.15, -0.1) is 5.10 Å². The molecule has 1 aliphatic carbocycles. The molecule has 0 aliphatic heterocycles. The van der Waals surface area contributed by atoms with Crippen LogP contribution in [0.1, 0.15) is 31.2 Å². The molecule has 1 aliphatic rings. The van der Waals surface area contributed by atoms with Crippen molar-refractivity contribution < 1.29 is 5.11 Å². The van der Waals surface area contributed by atoms with Crippen molar-refractivity contribution in [1.82, 2.24) is 14.6 Å². The molecule has 2 aromatic heterocycles. The molecular weight excluding hydrogens is 240 g/mol. The highest BCUT2D eigenvalue weighted by molar-refractivity contribution is 5.45. The normalized spacial score (nSPS) is 23.7. The summed E-state index contributed by atoms with van der Waals surface area (Å²) in [6.07, 6.45) is 6.09. The molecule has 2 heterocycles. The third-order valence-electron chi connectivity index (χ3n) is 3.88. The highest BCUT2D eigenvalue weighted by Gasteiger charge is 2.22. The van der Waals surface area contributed by atoms with Crippen LogP contribution in [0.3, 0.4) is 0 Å². The lowest BCUT2D eigenvalue weighted by atomic mass is 9.86. The molecule has 19 heavy (non-hydrogen) atoms. The molecule has 5 nitrogen and oxygen atoms in total. The van der Waals surface area contributed by atoms with E-state index in [-0.39, 0.29) is 6.10 Å². The summed E-state index contributed by atoms with van der Waals surface area (Å²) in [6.45, 7) is 2.79. The van der Waals surface area contributed by atoms with E-state index >= 15 is 0 Å². The van der Waals surface area contributed by atoms with E-state index in [1.807, 2.05) is 25.3 Å². The number of rotatable bonds is 3. The molecule has 102 valence electrons. The minimum absolute atomic E-state index is 0.180. The molecule has 1 saturated carbocycles. The first-order chi connectivity index (χ1) is 9.22. The SMILES string of the molecule is Cc1ccn2nc(NCC3CCCCC3O)nc2c1. The second-order valence-electron chi connectivity index (χ2n) is 5.44. The van der Waals surface area contributed by atoms with Crippen molar-refractivity contribution in [3.8, 4) is 0 Å². The minimum Gasteiger partial charge on any atom is -0.393 e. The Kier molecular flexibility index (Phi) is 3.38. The van der Waals surface area contributed by atoms with Gasteiger partial charge in [0.15, 0.2) is 5.65 Å². The van der Waals surface area contributed by atoms with Crippen LogP contribution in [0.5, 0.6) is 0 Å². The lowest BCUT2D eigenvalue weighted by molar-refractivity contribution is 0.0762. The smallest absolute Gasteiger partial charge is 0.243 e. The average molecular weight is 260 g/mol. The van der Waals surface area contributed by atoms with Crippen LogP contribution in [0.4, 0.5) is 5.95 Å². The molecule has 0 spiro atoms. The number of pyridine rings is 1. The van der Waals surface area contributed by atoms with Gasteiger partial charge in [0.25, 0.3) is 0 Å². The number of nitrogens with zero attached hydrogens (tertiary/aromatic N) is 3. The van der Waals surface area contributed by atoms with Gasteiger partial charge in [0.05, 0.1) is 6.10 Å². The average Bonchev–Trinajstić information content (AvgIpc) is 2.79. The van der Waals surface area contributed by atoms with Gasteiger partial charge >= 0.3 is 0 Å². The monoisotopic (exact) mass is 260 g/mol. The Balaban J connectivity index is 1.68. The van der Waals surface area contributed by atoms with Gasteiger partial charge in [-0.25, -0.2) is 4.52 Å². The first kappa shape index (κ1) is 12.4. The molecule has 2 atom stereocenters. The maximum absolute atomic E-state index is 9.94. The molecule has 2 aromatic rings. The van der Waals surface area contributed by atoms with E-state index in [2.05, 4.69) is 15.4 Å². The molecule has 5 heteroatoms. The van der Waals surface area contributed by atoms with Crippen molar-refractivity contribution in [1.29, 1.82) is 0 Å². The molecule has 0 aromatic carbocycles. The number of aliphatic hydroxyl groups excluding tert-OH is 1. The number of hydrogen-bond donors (Lipinski definition) is 2. The summed E-state index contributed by atoms with van der Waals surface area (Å²) >= 11 is 0. The molecule has 2 unspecified atom stereocenters. The highest BCUT2D eigenvalue weighted by Crippen LogP contribution is 2.24. The number of fused-ring (bicyclic) bond motifs is 1. The number of aliphatic hydroxyl groups is 1. The van der Waals surface area contributed by atoms with Crippen LogP contribution >= 0.6 is 0 Å². The van der Waals surface area contributed by atoms with E-state index < -0.39 is 0 Å². The van der Waals surface area contributed by atoms with Crippen LogP contribution in [0.15, 0.2) is 18.3 Å². The zero-order chi connectivity index (χ0) is 13.2. The van der Waals surface area contributed by atoms with E-state index in [0.29, 0.717) is 11.9 Å². The summed E-state index contributed by atoms with van der Waals surface area (Å²) in [5, 5.41) is 17.6. The predicted molar refractivity (Wildman–Crippen MR) is 74.2 cm³/mol. The number of anilines is 1. The topological polar surface area (TPSA) is 62.5 Å². The quantitative estimate of drug-likeness (QED) is 0.886. The van der Waals surface area contributed by atoms with Crippen LogP contribution in [0.25, 0.3) is 5.65 Å². The summed E-state index contributed by atoms with van der Waals surface area (Å²) in [6, 6.07) is 4.02. The van der Waals surface area contributed by atoms with E-state index in [1.54, 1.807) is 4.52 Å². The van der Waals surface area contributed by atoms with E-state index in [0.717, 1.165) is 31.5 Å². The van der Waals surface area contributed by atoms with Gasteiger partial charge < -0.3 is 10.4 Å². The van der Waals surface area contributed by atoms with Gasteiger partial charge in [-0.2, -0.15) is 4.98 Å². The number of hydrogen-bond acceptors (Lipinski definition) is 4. The van der Waals surface area contributed by atoms with Gasteiger partial charge in [-0.1, -0.05) is 12.8 Å². The number of nitrogens with one attached hydrogen (secondary N) is 1. The van der Waals surface area contributed by atoms with Crippen molar-refractivity contribution in [2.45, 2.75) is 38.7 Å². The Labute approximate surface area is 112 Å². The van der Waals surface area contributed by atoms with Crippen molar-refractivity contribution in [3.05, 3.63) is 23.9 Å². The molecular formula is C14H20N4O. The molecule has 0 radical (unpaired) electrons. The summed E-state index contributed by atoms with van der Waals surface area (Å²) in [4.78, 5) is 4.44. The van der Waals surface area contributed by atoms with Gasteiger partial charge in [-0.3, -0.25) is 0 Å². The second-order valence-corrected chi connectivity index (χ2v) is 5.44. The van der Waals surface area contributed by atoms with Crippen LogP contribution < -0.4 is 5.32 Å². The maximum atomic E-state index is 9.94. The fourth-order valence-electron chi connectivity index (χ4n) is 2.71. The first-order valence-corrected chi connectivity index (χ1v) is 6.97. The minimum atomic E-state index is -0.180. The lowest BCUT2D eigenvalue weighted by Crippen LogP contribution is -2.30. The van der Waals surface area contributed by atoms with Crippen molar-refractivity contribution in [2.24, 2.45) is 5.92 Å². The van der Waals surface area contributed by atoms with Gasteiger partial charge in [-0.05, 0) is 37.5 Å². The Bertz CT molecular complexity index is 566. The molecule has 3 rings (SSSR count). The lowest BCUT2D eigenvalue weighted by Gasteiger charge is -2.27. The summed E-state index contributed by atoms with van der Waals surface area (Å²) in [5.41, 5.74) is 2.03. The zero-order valence-corrected chi connectivity index (χ0v) is 11.2. The Hall–Kier alpha value is -1.62. The van der Waals surface area contributed by atoms with Crippen molar-refractivity contribution >= 4 is 11.6 Å². The number of aryl methyl sites for hydroxylation is 1. The molecule has 0 amide bonds. The van der Waals surface area contributed by atoms with Gasteiger partial charge in [0, 0.05) is 18.7 Å². The molecule has 2 N–H and O–H groups in total. The summed E-state index contributed by atoms with van der Waals surface area (Å²) < 4.78 is 1.77. The van der Waals surface area contributed by atoms with Crippen LogP contribution in [-0.4, -0.2) is 32.4 Å². The maximum Gasteiger partial charge on any atom is 0.243 e. The Morgan fingerprint density at radius 3 is 3.11 bits per heavy atom. The first-order valence-electron chi connectivity index (χ1n) is 6.97. The molecule has 1 fully saturated rings. The fourth-order valence-corrected chi connectivity index (χ4v) is 2.71. The number of aromatic nitrogens is 3. The van der Waals surface area contributed by atoms with Crippen LogP contribution in [-0.2, 0) is 0 Å². The highest BCUT2D eigenvalue weighted by atomic mass is 16.3. The van der Waals surface area contributed by atoms with Gasteiger partial charge in [0.2, 0.25) is 5.95 Å². The van der Waals surface area contributed by atoms with E-state index in [4.69, 9.17) is 0 Å². The standard InChI is InChI=1S/C14H20N4O/c1-10-6-7-18-13(8-10)16-14(17-18)15-9-11-4-2-3-5-12(11)19/h6-8,11-12,19H,2-5,9H2,1H3,(H,15,17). The van der Waals surface area contributed by atoms with Crippen molar-refractivity contribution in [3.63, 3.8) is 0 Å².